The molecule has 2 aromatic heterocycles. The summed E-state index contributed by atoms with van der Waals surface area (Å²) in [5.74, 6) is 0.937. The van der Waals surface area contributed by atoms with Crippen molar-refractivity contribution in [3.05, 3.63) is 48.3 Å². The minimum absolute atomic E-state index is 0. The van der Waals surface area contributed by atoms with Crippen LogP contribution in [0.5, 0.6) is 0 Å². The Hall–Kier alpha value is -3.60. The lowest BCUT2D eigenvalue weighted by Gasteiger charge is -2.06. The van der Waals surface area contributed by atoms with Gasteiger partial charge in [-0.15, -0.1) is 0 Å². The Morgan fingerprint density at radius 1 is 0.844 bits per heavy atom. The van der Waals surface area contributed by atoms with Gasteiger partial charge in [-0.2, -0.15) is 9.84 Å². The van der Waals surface area contributed by atoms with Gasteiger partial charge in [0.05, 0.1) is 16.7 Å². The quantitative estimate of drug-likeness (QED) is 0.261. The number of nitrogens with one attached hydrogen (secondary N) is 5. The van der Waals surface area contributed by atoms with Gasteiger partial charge < -0.3 is 4.52 Å². The molecule has 45 heavy (non-hydrogen) atoms. The van der Waals surface area contributed by atoms with Crippen LogP contribution in [0.4, 0.5) is 9.59 Å². The van der Waals surface area contributed by atoms with Gasteiger partial charge in [-0.3, -0.25) is 34.8 Å². The monoisotopic (exact) mass is 677 g/mol. The first-order valence-corrected chi connectivity index (χ1v) is 14.9. The molecule has 2 aromatic rings. The van der Waals surface area contributed by atoms with Gasteiger partial charge in [0.2, 0.25) is 5.91 Å². The first-order valence-electron chi connectivity index (χ1n) is 13.2. The van der Waals surface area contributed by atoms with Gasteiger partial charge in [-0.05, 0) is 35.9 Å². The number of hydrogen-bond donors (Lipinski definition) is 5. The van der Waals surface area contributed by atoms with Crippen molar-refractivity contribution < 1.29 is 23.7 Å². The fourth-order valence-electron chi connectivity index (χ4n) is 3.04. The molecule has 2 aliphatic heterocycles. The van der Waals surface area contributed by atoms with Crippen molar-refractivity contribution in [3.63, 3.8) is 0 Å². The van der Waals surface area contributed by atoms with Crippen LogP contribution in [0, 0.1) is 17.8 Å². The Morgan fingerprint density at radius 2 is 1.44 bits per heavy atom. The van der Waals surface area contributed by atoms with Crippen LogP contribution in [0.2, 0.25) is 0 Å². The van der Waals surface area contributed by atoms with Crippen LogP contribution in [0.15, 0.2) is 29.9 Å². The van der Waals surface area contributed by atoms with Crippen molar-refractivity contribution in [2.75, 3.05) is 0 Å². The zero-order valence-electron chi connectivity index (χ0n) is 24.9. The van der Waals surface area contributed by atoms with E-state index >= 15 is 0 Å². The highest BCUT2D eigenvalue weighted by Gasteiger charge is 2.31. The lowest BCUT2D eigenvalue weighted by molar-refractivity contribution is -0.119. The third-order valence-electron chi connectivity index (χ3n) is 4.81. The predicted octanol–water partition coefficient (Wildman–Crippen LogP) is 4.81. The summed E-state index contributed by atoms with van der Waals surface area (Å²) in [7, 11) is 0. The molecule has 0 radical (unpaired) electrons. The largest absolute Gasteiger partial charge is 0.440 e. The molecule has 258 valence electrons. The normalized spacial score (nSPS) is 16.0. The van der Waals surface area contributed by atoms with E-state index in [2.05, 4.69) is 30.3 Å². The van der Waals surface area contributed by atoms with Crippen molar-refractivity contribution >= 4 is 45.8 Å². The topological polar surface area (TPSA) is 222 Å². The molecule has 0 saturated carbocycles. The molecular weight excluding hydrogens is 626 g/mol. The third kappa shape index (κ3) is 18.1. The molecular formula is C28H51N7O8S2. The van der Waals surface area contributed by atoms with Crippen molar-refractivity contribution in [1.29, 1.82) is 0 Å². The van der Waals surface area contributed by atoms with Gasteiger partial charge >= 0.3 is 17.1 Å². The van der Waals surface area contributed by atoms with E-state index in [4.69, 9.17) is 0 Å². The van der Waals surface area contributed by atoms with Crippen LogP contribution in [0.3, 0.4) is 0 Å². The SMILES string of the molecule is C.C.C.CC(C)C=C1SC(=O)NC1=O.CC(C)CC1SC(=O)NC1=O.CC(C)Cn1oc(=O)[nH]c1=O.CC(C)c1n[nH]c(=O)[nH]1. The molecule has 5 N–H and O–H groups in total. The summed E-state index contributed by atoms with van der Waals surface area (Å²) in [4.78, 5) is 79.9. The highest BCUT2D eigenvalue weighted by molar-refractivity contribution is 8.18. The molecule has 2 saturated heterocycles. The van der Waals surface area contributed by atoms with E-state index in [9.17, 15) is 33.6 Å². The third-order valence-corrected chi connectivity index (χ3v) is 6.64. The van der Waals surface area contributed by atoms with Gasteiger partial charge in [0.1, 0.15) is 5.82 Å². The van der Waals surface area contributed by atoms with Crippen molar-refractivity contribution in [2.24, 2.45) is 17.8 Å². The predicted molar refractivity (Wildman–Crippen MR) is 180 cm³/mol. The van der Waals surface area contributed by atoms with Crippen LogP contribution >= 0.6 is 23.5 Å². The summed E-state index contributed by atoms with van der Waals surface area (Å²) < 4.78 is 5.54. The number of aromatic nitrogens is 5. The number of allylic oxidation sites excluding steroid dienone is 1. The molecule has 4 rings (SSSR count). The summed E-state index contributed by atoms with van der Waals surface area (Å²) in [5, 5.41) is 9.82. The number of carbonyl (C=O) groups excluding carboxylic acids is 4. The van der Waals surface area contributed by atoms with Gasteiger partial charge in [-0.1, -0.05) is 95.5 Å². The van der Waals surface area contributed by atoms with Crippen LogP contribution in [-0.2, 0) is 16.1 Å². The molecule has 0 bridgehead atoms. The average Bonchev–Trinajstić information content (AvgIpc) is 3.58. The van der Waals surface area contributed by atoms with E-state index in [1.165, 1.54) is 0 Å². The maximum atomic E-state index is 11.0. The van der Waals surface area contributed by atoms with E-state index < -0.39 is 11.4 Å². The molecule has 0 aromatic carbocycles. The number of H-pyrrole nitrogens is 3. The molecule has 0 spiro atoms. The van der Waals surface area contributed by atoms with E-state index in [1.807, 2.05) is 60.4 Å². The van der Waals surface area contributed by atoms with Crippen molar-refractivity contribution in [3.8, 4) is 0 Å². The smallest absolute Gasteiger partial charge is 0.317 e. The molecule has 2 aliphatic rings. The number of aromatic amines is 3. The summed E-state index contributed by atoms with van der Waals surface area (Å²) in [6, 6.07) is 0. The summed E-state index contributed by atoms with van der Waals surface area (Å²) in [6.07, 6.45) is 2.56. The highest BCUT2D eigenvalue weighted by atomic mass is 32.2. The van der Waals surface area contributed by atoms with E-state index in [1.54, 1.807) is 6.08 Å². The minimum Gasteiger partial charge on any atom is -0.317 e. The van der Waals surface area contributed by atoms with E-state index in [0.717, 1.165) is 34.7 Å². The summed E-state index contributed by atoms with van der Waals surface area (Å²) in [6.45, 7) is 16.2. The second kappa shape index (κ2) is 22.0. The van der Waals surface area contributed by atoms with E-state index in [0.29, 0.717) is 29.1 Å². The second-order valence-electron chi connectivity index (χ2n) is 10.6. The van der Waals surface area contributed by atoms with Gasteiger partial charge in [-0.25, -0.2) is 24.5 Å². The summed E-state index contributed by atoms with van der Waals surface area (Å²) in [5.41, 5.74) is -0.720. The Bertz CT molecular complexity index is 1410. The Morgan fingerprint density at radius 3 is 1.76 bits per heavy atom. The van der Waals surface area contributed by atoms with E-state index in [-0.39, 0.29) is 67.3 Å². The second-order valence-corrected chi connectivity index (χ2v) is 12.8. The molecule has 4 amide bonds. The standard InChI is InChI=1S/C7H11NO2S.C7H9NO2S.C6H10N2O3.C5H9N3O.3CH4/c2*1-4(2)3-5-6(9)8-7(10)11-5;1-4(2)3-8-5(9)7-6(10)11-8;1-3(2)4-6-5(9)8-7-4;;;/h4-5H,3H2,1-2H3,(H,8,9,10);3-4H,1-2H3,(H,8,9,10);4H,3H2,1-2H3,(H,7,9,10);3H,1-2H3,(H2,6,7,8,9);3*1H4. The number of carbonyl (C=O) groups is 4. The fraction of sp³-hybridized carbons (Fsp3) is 0.643. The number of nitrogens with zero attached hydrogens (tertiary/aromatic N) is 2. The van der Waals surface area contributed by atoms with Gasteiger partial charge in [0, 0.05) is 5.92 Å². The highest BCUT2D eigenvalue weighted by Crippen LogP contribution is 2.25. The number of rotatable bonds is 6. The van der Waals surface area contributed by atoms with Crippen LogP contribution in [0.25, 0.3) is 0 Å². The van der Waals surface area contributed by atoms with Crippen LogP contribution in [0.1, 0.15) is 95.8 Å². The molecule has 1 unspecified atom stereocenters. The molecule has 17 heteroatoms. The maximum absolute atomic E-state index is 11.0. The van der Waals surface area contributed by atoms with Crippen molar-refractivity contribution in [2.45, 2.75) is 102 Å². The number of thioether (sulfide) groups is 2. The van der Waals surface area contributed by atoms with Crippen LogP contribution in [-0.4, -0.2) is 52.4 Å². The lowest BCUT2D eigenvalue weighted by atomic mass is 10.1. The maximum Gasteiger partial charge on any atom is 0.440 e. The average molecular weight is 678 g/mol. The molecule has 0 aliphatic carbocycles. The Labute approximate surface area is 272 Å². The molecule has 2 fully saturated rings. The zero-order chi connectivity index (χ0) is 32.1. The zero-order valence-corrected chi connectivity index (χ0v) is 26.5. The van der Waals surface area contributed by atoms with Crippen molar-refractivity contribution in [1.82, 2.24) is 35.5 Å². The fourth-order valence-corrected chi connectivity index (χ4v) is 4.93. The first-order chi connectivity index (χ1) is 19.5. The molecule has 15 nitrogen and oxygen atoms in total. The first kappa shape index (κ1) is 45.8. The lowest BCUT2D eigenvalue weighted by Crippen LogP contribution is -2.24. The number of amides is 4. The number of hydrogen-bond acceptors (Lipinski definition) is 11. The minimum atomic E-state index is -0.698. The van der Waals surface area contributed by atoms with Crippen LogP contribution < -0.4 is 27.8 Å². The summed E-state index contributed by atoms with van der Waals surface area (Å²) >= 11 is 2.07. The number of imide groups is 2. The Kier molecular flexibility index (Phi) is 22.4. The Balaban J connectivity index is -0.000000513. The molecule has 1 atom stereocenters. The molecule has 4 heterocycles. The van der Waals surface area contributed by atoms with Gasteiger partial charge in [0.15, 0.2) is 0 Å². The van der Waals surface area contributed by atoms with Gasteiger partial charge in [0.25, 0.3) is 16.4 Å².